The summed E-state index contributed by atoms with van der Waals surface area (Å²) in [5.41, 5.74) is 4.97. The molecule has 0 atom stereocenters. The highest BCUT2D eigenvalue weighted by Crippen LogP contribution is 2.19. The van der Waals surface area contributed by atoms with Gasteiger partial charge in [-0.2, -0.15) is 5.10 Å². The quantitative estimate of drug-likeness (QED) is 0.520. The van der Waals surface area contributed by atoms with E-state index in [1.165, 1.54) is 16.7 Å². The van der Waals surface area contributed by atoms with Crippen LogP contribution >= 0.6 is 0 Å². The van der Waals surface area contributed by atoms with Gasteiger partial charge < -0.3 is 15.0 Å². The number of ether oxygens (including phenoxy) is 1. The molecule has 7 nitrogen and oxygen atoms in total. The van der Waals surface area contributed by atoms with Crippen LogP contribution in [-0.2, 0) is 31.4 Å². The van der Waals surface area contributed by atoms with Crippen LogP contribution in [0.3, 0.4) is 0 Å². The van der Waals surface area contributed by atoms with E-state index in [1.54, 1.807) is 0 Å². The maximum absolute atomic E-state index is 5.46. The molecule has 0 spiro atoms. The molecule has 1 aliphatic heterocycles. The molecule has 170 valence electrons. The molecule has 2 aromatic rings. The zero-order valence-electron chi connectivity index (χ0n) is 19.8. The SMILES string of the molecule is CCNC(=NCc1cccc(CN2CCOCC2)c1)N(C)Cc1cn(C)nc1C(C)C. The zero-order chi connectivity index (χ0) is 22.2. The molecule has 1 fully saturated rings. The fraction of sp³-hybridized carbons (Fsp3) is 0.583. The van der Waals surface area contributed by atoms with Crippen molar-refractivity contribution >= 4 is 5.96 Å². The number of hydrogen-bond acceptors (Lipinski definition) is 4. The molecular weight excluding hydrogens is 388 g/mol. The van der Waals surface area contributed by atoms with Crippen LogP contribution < -0.4 is 5.32 Å². The number of nitrogens with zero attached hydrogens (tertiary/aromatic N) is 5. The van der Waals surface area contributed by atoms with Crippen molar-refractivity contribution in [1.82, 2.24) is 24.9 Å². The van der Waals surface area contributed by atoms with Gasteiger partial charge in [-0.05, 0) is 24.0 Å². The number of aliphatic imine (C=N–C) groups is 1. The Morgan fingerprint density at radius 2 is 2.00 bits per heavy atom. The topological polar surface area (TPSA) is 57.9 Å². The van der Waals surface area contributed by atoms with E-state index in [9.17, 15) is 0 Å². The first-order chi connectivity index (χ1) is 15.0. The van der Waals surface area contributed by atoms with Crippen molar-refractivity contribution in [2.75, 3.05) is 39.9 Å². The molecule has 0 bridgehead atoms. The molecular formula is C24H38N6O. The molecule has 1 aliphatic rings. The van der Waals surface area contributed by atoms with E-state index in [0.29, 0.717) is 12.5 Å². The van der Waals surface area contributed by atoms with Gasteiger partial charge >= 0.3 is 0 Å². The van der Waals surface area contributed by atoms with E-state index in [4.69, 9.17) is 9.73 Å². The van der Waals surface area contributed by atoms with E-state index in [-0.39, 0.29) is 0 Å². The van der Waals surface area contributed by atoms with Crippen molar-refractivity contribution in [1.29, 1.82) is 0 Å². The summed E-state index contributed by atoms with van der Waals surface area (Å²) in [5.74, 6) is 1.32. The van der Waals surface area contributed by atoms with E-state index in [2.05, 4.69) is 78.5 Å². The summed E-state index contributed by atoms with van der Waals surface area (Å²) in [5, 5.41) is 8.07. The molecule has 2 heterocycles. The molecule has 7 heteroatoms. The third-order valence-electron chi connectivity index (χ3n) is 5.50. The summed E-state index contributed by atoms with van der Waals surface area (Å²) in [4.78, 5) is 9.55. The number of nitrogens with one attached hydrogen (secondary N) is 1. The number of hydrogen-bond donors (Lipinski definition) is 1. The van der Waals surface area contributed by atoms with Gasteiger partial charge in [-0.3, -0.25) is 9.58 Å². The maximum atomic E-state index is 5.46. The predicted molar refractivity (Wildman–Crippen MR) is 126 cm³/mol. The van der Waals surface area contributed by atoms with E-state index >= 15 is 0 Å². The second-order valence-corrected chi connectivity index (χ2v) is 8.60. The number of rotatable bonds is 8. The van der Waals surface area contributed by atoms with Crippen molar-refractivity contribution in [2.45, 2.75) is 46.3 Å². The minimum atomic E-state index is 0.401. The molecule has 1 aromatic carbocycles. The monoisotopic (exact) mass is 426 g/mol. The van der Waals surface area contributed by atoms with Crippen LogP contribution in [0.1, 0.15) is 49.1 Å². The molecule has 1 aromatic heterocycles. The Balaban J connectivity index is 1.67. The Morgan fingerprint density at radius 3 is 2.71 bits per heavy atom. The summed E-state index contributed by atoms with van der Waals surface area (Å²) in [6.07, 6.45) is 2.12. The van der Waals surface area contributed by atoms with Crippen LogP contribution in [0.5, 0.6) is 0 Å². The molecule has 0 saturated carbocycles. The standard InChI is InChI=1S/C24H38N6O/c1-6-25-24(28(4)17-22-18-29(5)27-23(22)19(2)3)26-15-20-8-7-9-21(14-20)16-30-10-12-31-13-11-30/h7-9,14,18-19H,6,10-13,15-17H2,1-5H3,(H,25,26). The Labute approximate surface area is 187 Å². The predicted octanol–water partition coefficient (Wildman–Crippen LogP) is 2.97. The third kappa shape index (κ3) is 6.80. The van der Waals surface area contributed by atoms with Gasteiger partial charge in [0.1, 0.15) is 0 Å². The van der Waals surface area contributed by atoms with Crippen molar-refractivity contribution in [3.63, 3.8) is 0 Å². The van der Waals surface area contributed by atoms with Crippen LogP contribution in [0.25, 0.3) is 0 Å². The first kappa shape index (κ1) is 23.3. The highest BCUT2D eigenvalue weighted by Gasteiger charge is 2.15. The van der Waals surface area contributed by atoms with Gasteiger partial charge in [-0.25, -0.2) is 4.99 Å². The van der Waals surface area contributed by atoms with Gasteiger partial charge in [-0.15, -0.1) is 0 Å². The number of morpholine rings is 1. The van der Waals surface area contributed by atoms with Gasteiger partial charge in [0.25, 0.3) is 0 Å². The van der Waals surface area contributed by atoms with Crippen LogP contribution in [0.2, 0.25) is 0 Å². The molecule has 31 heavy (non-hydrogen) atoms. The molecule has 1 saturated heterocycles. The molecule has 0 unspecified atom stereocenters. The second kappa shape index (κ2) is 11.3. The Kier molecular flexibility index (Phi) is 8.49. The van der Waals surface area contributed by atoms with Crippen LogP contribution in [0.4, 0.5) is 0 Å². The maximum Gasteiger partial charge on any atom is 0.194 e. The Hall–Kier alpha value is -2.38. The molecule has 3 rings (SSSR count). The minimum Gasteiger partial charge on any atom is -0.379 e. The van der Waals surface area contributed by atoms with Crippen molar-refractivity contribution in [3.05, 3.63) is 52.8 Å². The Morgan fingerprint density at radius 1 is 1.26 bits per heavy atom. The lowest BCUT2D eigenvalue weighted by Crippen LogP contribution is -2.38. The fourth-order valence-corrected chi connectivity index (χ4v) is 3.97. The highest BCUT2D eigenvalue weighted by atomic mass is 16.5. The van der Waals surface area contributed by atoms with Gasteiger partial charge in [-0.1, -0.05) is 38.1 Å². The number of benzene rings is 1. The van der Waals surface area contributed by atoms with E-state index < -0.39 is 0 Å². The molecule has 0 amide bonds. The second-order valence-electron chi connectivity index (χ2n) is 8.60. The average Bonchev–Trinajstić information content (AvgIpc) is 3.12. The van der Waals surface area contributed by atoms with Gasteiger partial charge in [0.2, 0.25) is 0 Å². The van der Waals surface area contributed by atoms with E-state index in [0.717, 1.165) is 57.6 Å². The van der Waals surface area contributed by atoms with Gasteiger partial charge in [0.15, 0.2) is 5.96 Å². The molecule has 1 N–H and O–H groups in total. The summed E-state index contributed by atoms with van der Waals surface area (Å²) in [6, 6.07) is 8.78. The lowest BCUT2D eigenvalue weighted by atomic mass is 10.1. The van der Waals surface area contributed by atoms with Crippen LogP contribution in [-0.4, -0.2) is 65.4 Å². The summed E-state index contributed by atoms with van der Waals surface area (Å²) in [7, 11) is 4.08. The normalized spacial score (nSPS) is 15.5. The van der Waals surface area contributed by atoms with Gasteiger partial charge in [0, 0.05) is 58.6 Å². The van der Waals surface area contributed by atoms with Crippen LogP contribution in [0.15, 0.2) is 35.5 Å². The first-order valence-corrected chi connectivity index (χ1v) is 11.4. The molecule has 0 aliphatic carbocycles. The van der Waals surface area contributed by atoms with Crippen LogP contribution in [0, 0.1) is 0 Å². The van der Waals surface area contributed by atoms with E-state index in [1.807, 2.05) is 11.7 Å². The number of guanidine groups is 1. The lowest BCUT2D eigenvalue weighted by Gasteiger charge is -2.26. The summed E-state index contributed by atoms with van der Waals surface area (Å²) in [6.45, 7) is 13.4. The minimum absolute atomic E-state index is 0.401. The van der Waals surface area contributed by atoms with Gasteiger partial charge in [0.05, 0.1) is 25.5 Å². The summed E-state index contributed by atoms with van der Waals surface area (Å²) < 4.78 is 7.36. The molecule has 0 radical (unpaired) electrons. The lowest BCUT2D eigenvalue weighted by molar-refractivity contribution is 0.0342. The first-order valence-electron chi connectivity index (χ1n) is 11.4. The Bertz CT molecular complexity index is 854. The zero-order valence-corrected chi connectivity index (χ0v) is 19.8. The smallest absolute Gasteiger partial charge is 0.194 e. The highest BCUT2D eigenvalue weighted by molar-refractivity contribution is 5.79. The number of aromatic nitrogens is 2. The average molecular weight is 427 g/mol. The largest absolute Gasteiger partial charge is 0.379 e. The van der Waals surface area contributed by atoms with Crippen molar-refractivity contribution < 1.29 is 4.74 Å². The number of aryl methyl sites for hydroxylation is 1. The van der Waals surface area contributed by atoms with Crippen molar-refractivity contribution in [2.24, 2.45) is 12.0 Å². The fourth-order valence-electron chi connectivity index (χ4n) is 3.97. The third-order valence-corrected chi connectivity index (χ3v) is 5.50. The summed E-state index contributed by atoms with van der Waals surface area (Å²) >= 11 is 0. The van der Waals surface area contributed by atoms with Crippen molar-refractivity contribution in [3.8, 4) is 0 Å².